The molecule has 0 atom stereocenters. The molecule has 0 amide bonds. The van der Waals surface area contributed by atoms with Crippen molar-refractivity contribution in [3.63, 3.8) is 0 Å². The van der Waals surface area contributed by atoms with Crippen molar-refractivity contribution < 1.29 is 4.74 Å². The maximum absolute atomic E-state index is 9.46. The summed E-state index contributed by atoms with van der Waals surface area (Å²) in [7, 11) is 0. The Labute approximate surface area is 145 Å². The maximum Gasteiger partial charge on any atom is 0.137 e. The summed E-state index contributed by atoms with van der Waals surface area (Å²) in [4.78, 5) is 4.01. The number of nitrogens with zero attached hydrogens (tertiary/aromatic N) is 5. The predicted molar refractivity (Wildman–Crippen MR) is 92.2 cm³/mol. The average molecular weight is 331 g/mol. The molecule has 0 bridgehead atoms. The normalized spacial score (nSPS) is 14.4. The summed E-state index contributed by atoms with van der Waals surface area (Å²) in [5.74, 6) is 0.646. The van der Waals surface area contributed by atoms with Crippen molar-refractivity contribution in [2.75, 3.05) is 0 Å². The number of hydrogen-bond donors (Lipinski definition) is 0. The second-order valence-electron chi connectivity index (χ2n) is 6.10. The molecule has 25 heavy (non-hydrogen) atoms. The third-order valence-electron chi connectivity index (χ3n) is 4.41. The lowest BCUT2D eigenvalue weighted by molar-refractivity contribution is 0.209. The van der Waals surface area contributed by atoms with Crippen LogP contribution in [0.15, 0.2) is 48.9 Å². The SMILES string of the molecule is N#Cc1cc(-n2cc(-c3ccncc3)nn2)ccc1OC1CCCC1. The van der Waals surface area contributed by atoms with Gasteiger partial charge in [0.2, 0.25) is 0 Å². The Balaban J connectivity index is 1.61. The van der Waals surface area contributed by atoms with Gasteiger partial charge in [0.1, 0.15) is 17.5 Å². The Bertz CT molecular complexity index is 907. The zero-order chi connectivity index (χ0) is 17.1. The van der Waals surface area contributed by atoms with Gasteiger partial charge < -0.3 is 4.74 Å². The Morgan fingerprint density at radius 3 is 2.68 bits per heavy atom. The van der Waals surface area contributed by atoms with Crippen LogP contribution in [0.2, 0.25) is 0 Å². The summed E-state index contributed by atoms with van der Waals surface area (Å²) in [5.41, 5.74) is 3.00. The van der Waals surface area contributed by atoms with Gasteiger partial charge in [0.25, 0.3) is 0 Å². The lowest BCUT2D eigenvalue weighted by Crippen LogP contribution is -2.12. The Morgan fingerprint density at radius 2 is 1.92 bits per heavy atom. The first-order valence-electron chi connectivity index (χ1n) is 8.37. The lowest BCUT2D eigenvalue weighted by Gasteiger charge is -2.14. The van der Waals surface area contributed by atoms with Crippen LogP contribution >= 0.6 is 0 Å². The molecule has 2 aromatic heterocycles. The zero-order valence-electron chi connectivity index (χ0n) is 13.7. The van der Waals surface area contributed by atoms with Crippen molar-refractivity contribution in [1.82, 2.24) is 20.0 Å². The average Bonchev–Trinajstić information content (AvgIpc) is 3.35. The maximum atomic E-state index is 9.46. The molecule has 6 nitrogen and oxygen atoms in total. The van der Waals surface area contributed by atoms with Crippen LogP contribution in [0.4, 0.5) is 0 Å². The van der Waals surface area contributed by atoms with Gasteiger partial charge in [-0.15, -0.1) is 5.10 Å². The van der Waals surface area contributed by atoms with Gasteiger partial charge >= 0.3 is 0 Å². The van der Waals surface area contributed by atoms with Crippen LogP contribution in [0.1, 0.15) is 31.2 Å². The monoisotopic (exact) mass is 331 g/mol. The number of ether oxygens (including phenoxy) is 1. The summed E-state index contributed by atoms with van der Waals surface area (Å²) in [6.07, 6.45) is 10.0. The molecule has 0 radical (unpaired) electrons. The molecular formula is C19H17N5O. The van der Waals surface area contributed by atoms with Crippen LogP contribution < -0.4 is 4.74 Å². The number of rotatable bonds is 4. The number of hydrogen-bond acceptors (Lipinski definition) is 5. The van der Waals surface area contributed by atoms with Crippen molar-refractivity contribution in [2.45, 2.75) is 31.8 Å². The second-order valence-corrected chi connectivity index (χ2v) is 6.10. The van der Waals surface area contributed by atoms with E-state index in [1.54, 1.807) is 23.1 Å². The lowest BCUT2D eigenvalue weighted by atomic mass is 10.2. The number of benzene rings is 1. The molecule has 1 aliphatic carbocycles. The quantitative estimate of drug-likeness (QED) is 0.731. The van der Waals surface area contributed by atoms with Crippen LogP contribution in [0.25, 0.3) is 16.9 Å². The van der Waals surface area contributed by atoms with Crippen LogP contribution in [0, 0.1) is 11.3 Å². The summed E-state index contributed by atoms with van der Waals surface area (Å²) < 4.78 is 7.65. The smallest absolute Gasteiger partial charge is 0.137 e. The van der Waals surface area contributed by atoms with E-state index in [4.69, 9.17) is 4.74 Å². The minimum atomic E-state index is 0.225. The highest BCUT2D eigenvalue weighted by atomic mass is 16.5. The summed E-state index contributed by atoms with van der Waals surface area (Å²) in [6.45, 7) is 0. The van der Waals surface area contributed by atoms with Crippen molar-refractivity contribution >= 4 is 0 Å². The van der Waals surface area contributed by atoms with Gasteiger partial charge in [-0.1, -0.05) is 5.21 Å². The van der Waals surface area contributed by atoms with E-state index in [1.807, 2.05) is 30.5 Å². The van der Waals surface area contributed by atoms with E-state index in [-0.39, 0.29) is 6.10 Å². The van der Waals surface area contributed by atoms with Crippen LogP contribution in [-0.2, 0) is 0 Å². The minimum Gasteiger partial charge on any atom is -0.489 e. The summed E-state index contributed by atoms with van der Waals surface area (Å²) in [5, 5.41) is 17.8. The Kier molecular flexibility index (Phi) is 4.13. The highest BCUT2D eigenvalue weighted by molar-refractivity contribution is 5.57. The number of pyridine rings is 1. The van der Waals surface area contributed by atoms with E-state index >= 15 is 0 Å². The topological polar surface area (TPSA) is 76.6 Å². The van der Waals surface area contributed by atoms with E-state index in [2.05, 4.69) is 21.4 Å². The van der Waals surface area contributed by atoms with Gasteiger partial charge in [-0.2, -0.15) is 5.26 Å². The van der Waals surface area contributed by atoms with Gasteiger partial charge in [0.15, 0.2) is 0 Å². The highest BCUT2D eigenvalue weighted by Gasteiger charge is 2.18. The standard InChI is InChI=1S/C19H17N5O/c20-12-15-11-16(5-6-19(15)25-17-3-1-2-4-17)24-13-18(22-23-24)14-7-9-21-10-8-14/h5-11,13,17H,1-4H2. The molecule has 0 N–H and O–H groups in total. The van der Waals surface area contributed by atoms with Crippen molar-refractivity contribution in [2.24, 2.45) is 0 Å². The van der Waals surface area contributed by atoms with Crippen molar-refractivity contribution in [3.05, 3.63) is 54.5 Å². The zero-order valence-corrected chi connectivity index (χ0v) is 13.7. The van der Waals surface area contributed by atoms with Crippen molar-refractivity contribution in [3.8, 4) is 28.8 Å². The molecule has 0 saturated heterocycles. The number of aromatic nitrogens is 4. The van der Waals surface area contributed by atoms with E-state index in [0.29, 0.717) is 11.3 Å². The minimum absolute atomic E-state index is 0.225. The van der Waals surface area contributed by atoms with Crippen LogP contribution in [0.3, 0.4) is 0 Å². The molecule has 1 fully saturated rings. The molecule has 1 saturated carbocycles. The van der Waals surface area contributed by atoms with E-state index < -0.39 is 0 Å². The second kappa shape index (κ2) is 6.73. The van der Waals surface area contributed by atoms with Gasteiger partial charge in [-0.3, -0.25) is 4.98 Å². The number of nitriles is 1. The Hall–Kier alpha value is -3.20. The molecule has 1 aromatic carbocycles. The molecule has 124 valence electrons. The first kappa shape index (κ1) is 15.3. The third-order valence-corrected chi connectivity index (χ3v) is 4.41. The molecular weight excluding hydrogens is 314 g/mol. The van der Waals surface area contributed by atoms with Crippen LogP contribution in [0.5, 0.6) is 5.75 Å². The van der Waals surface area contributed by atoms with Gasteiger partial charge in [-0.05, 0) is 56.0 Å². The van der Waals surface area contributed by atoms with Crippen LogP contribution in [-0.4, -0.2) is 26.1 Å². The first-order chi connectivity index (χ1) is 12.3. The van der Waals surface area contributed by atoms with E-state index in [1.165, 1.54) is 12.8 Å². The molecule has 2 heterocycles. The molecule has 4 rings (SSSR count). The Morgan fingerprint density at radius 1 is 1.12 bits per heavy atom. The molecule has 1 aliphatic rings. The van der Waals surface area contributed by atoms with Gasteiger partial charge in [0.05, 0.1) is 23.6 Å². The van der Waals surface area contributed by atoms with Crippen molar-refractivity contribution in [1.29, 1.82) is 5.26 Å². The molecule has 0 aliphatic heterocycles. The fourth-order valence-electron chi connectivity index (χ4n) is 3.08. The molecule has 6 heteroatoms. The third kappa shape index (κ3) is 3.22. The fraction of sp³-hybridized carbons (Fsp3) is 0.263. The van der Waals surface area contributed by atoms with Gasteiger partial charge in [-0.25, -0.2) is 4.68 Å². The fourth-order valence-corrected chi connectivity index (χ4v) is 3.08. The largest absolute Gasteiger partial charge is 0.489 e. The summed E-state index contributed by atoms with van der Waals surface area (Å²) >= 11 is 0. The van der Waals surface area contributed by atoms with E-state index in [9.17, 15) is 5.26 Å². The summed E-state index contributed by atoms with van der Waals surface area (Å²) in [6, 6.07) is 11.5. The molecule has 0 spiro atoms. The first-order valence-corrected chi connectivity index (χ1v) is 8.37. The van der Waals surface area contributed by atoms with E-state index in [0.717, 1.165) is 29.8 Å². The molecule has 3 aromatic rings. The molecule has 0 unspecified atom stereocenters. The van der Waals surface area contributed by atoms with Gasteiger partial charge in [0, 0.05) is 18.0 Å². The predicted octanol–water partition coefficient (Wildman–Crippen LogP) is 3.52. The highest BCUT2D eigenvalue weighted by Crippen LogP contribution is 2.28.